The number of hydrogen-bond donors (Lipinski definition) is 2. The molecular weight excluding hydrogens is 469 g/mol. The number of fused-ring (bicyclic) bond motifs is 1. The van der Waals surface area contributed by atoms with Crippen LogP contribution in [-0.2, 0) is 21.4 Å². The first-order chi connectivity index (χ1) is 17.1. The molecular formula is C26H28FN3O6. The first-order valence-corrected chi connectivity index (χ1v) is 11.4. The molecule has 0 fully saturated rings. The van der Waals surface area contributed by atoms with Gasteiger partial charge in [0.2, 0.25) is 5.76 Å². The third-order valence-corrected chi connectivity index (χ3v) is 6.27. The highest BCUT2D eigenvalue weighted by Crippen LogP contribution is 2.35. The number of carbonyl (C=O) groups excluding carboxylic acids is 2. The molecule has 1 aromatic heterocycles. The molecule has 0 spiro atoms. The smallest absolute Gasteiger partial charge is 0.293 e. The summed E-state index contributed by atoms with van der Waals surface area (Å²) in [4.78, 5) is 28.1. The number of amides is 2. The van der Waals surface area contributed by atoms with Crippen LogP contribution < -0.4 is 10.1 Å². The molecule has 0 radical (unpaired) electrons. The molecule has 2 amide bonds. The summed E-state index contributed by atoms with van der Waals surface area (Å²) in [6, 6.07) is 9.80. The lowest BCUT2D eigenvalue weighted by atomic mass is 9.85. The fourth-order valence-corrected chi connectivity index (χ4v) is 4.53. The molecule has 2 aromatic carbocycles. The minimum Gasteiger partial charge on any atom is -0.497 e. The Morgan fingerprint density at radius 3 is 2.64 bits per heavy atom. The topological polar surface area (TPSA) is 114 Å². The van der Waals surface area contributed by atoms with Gasteiger partial charge in [-0.25, -0.2) is 4.39 Å². The molecule has 0 saturated carbocycles. The number of carbonyl (C=O) groups is 2. The van der Waals surface area contributed by atoms with Crippen LogP contribution in [0.1, 0.15) is 47.1 Å². The number of ether oxygens (including phenoxy) is 2. The number of rotatable bonds is 7. The Bertz CT molecular complexity index is 1290. The van der Waals surface area contributed by atoms with Gasteiger partial charge < -0.3 is 29.3 Å². The fourth-order valence-electron chi connectivity index (χ4n) is 4.53. The van der Waals surface area contributed by atoms with Crippen molar-refractivity contribution in [1.82, 2.24) is 10.1 Å². The monoisotopic (exact) mass is 497 g/mol. The number of methoxy groups -OCH3 is 2. The predicted octanol–water partition coefficient (Wildman–Crippen LogP) is 3.83. The fraction of sp³-hybridized carbons (Fsp3) is 0.346. The van der Waals surface area contributed by atoms with Crippen LogP contribution >= 0.6 is 0 Å². The van der Waals surface area contributed by atoms with E-state index < -0.39 is 35.0 Å². The number of nitrogens with one attached hydrogen (secondary N) is 1. The van der Waals surface area contributed by atoms with E-state index >= 15 is 0 Å². The predicted molar refractivity (Wildman–Crippen MR) is 129 cm³/mol. The van der Waals surface area contributed by atoms with Gasteiger partial charge in [-0.15, -0.1) is 0 Å². The highest BCUT2D eigenvalue weighted by molar-refractivity contribution is 6.01. The van der Waals surface area contributed by atoms with E-state index in [0.717, 1.165) is 11.6 Å². The van der Waals surface area contributed by atoms with Crippen molar-refractivity contribution in [2.24, 2.45) is 0 Å². The lowest BCUT2D eigenvalue weighted by Crippen LogP contribution is -2.45. The van der Waals surface area contributed by atoms with Crippen LogP contribution in [0.5, 0.6) is 11.6 Å². The molecule has 1 atom stereocenters. The van der Waals surface area contributed by atoms with Gasteiger partial charge in [0.25, 0.3) is 17.7 Å². The highest BCUT2D eigenvalue weighted by atomic mass is 19.1. The number of hydrogen-bond acceptors (Lipinski definition) is 7. The molecule has 4 rings (SSSR count). The number of anilines is 1. The number of halogens is 1. The first kappa shape index (κ1) is 25.2. The SMILES string of the molecule is COCC(C)(C)c1ccc(NC(=O)[C@H]2c3ccc(OC)cc3CCN2C(=O)c2cc(O)no2)cc1F. The van der Waals surface area contributed by atoms with E-state index in [1.54, 1.807) is 38.5 Å². The molecule has 1 aliphatic rings. The first-order valence-electron chi connectivity index (χ1n) is 11.4. The maximum absolute atomic E-state index is 15.0. The Labute approximate surface area is 207 Å². The van der Waals surface area contributed by atoms with E-state index in [0.29, 0.717) is 29.9 Å². The summed E-state index contributed by atoms with van der Waals surface area (Å²) in [5.41, 5.74) is 1.60. The molecule has 190 valence electrons. The minimum absolute atomic E-state index is 0.196. The molecule has 36 heavy (non-hydrogen) atoms. The summed E-state index contributed by atoms with van der Waals surface area (Å²) in [6.07, 6.45) is 0.472. The van der Waals surface area contributed by atoms with Gasteiger partial charge in [-0.05, 0) is 52.5 Å². The van der Waals surface area contributed by atoms with E-state index in [-0.39, 0.29) is 18.0 Å². The lowest BCUT2D eigenvalue weighted by molar-refractivity contribution is -0.121. The van der Waals surface area contributed by atoms with Crippen LogP contribution in [0.2, 0.25) is 0 Å². The van der Waals surface area contributed by atoms with Crippen molar-refractivity contribution >= 4 is 17.5 Å². The summed E-state index contributed by atoms with van der Waals surface area (Å²) in [6.45, 7) is 4.26. The minimum atomic E-state index is -1.04. The second kappa shape index (κ2) is 9.98. The zero-order valence-electron chi connectivity index (χ0n) is 20.5. The van der Waals surface area contributed by atoms with Gasteiger partial charge in [-0.3, -0.25) is 9.59 Å². The van der Waals surface area contributed by atoms with Crippen molar-refractivity contribution in [1.29, 1.82) is 0 Å². The molecule has 0 saturated heterocycles. The van der Waals surface area contributed by atoms with E-state index in [1.807, 2.05) is 19.9 Å². The summed E-state index contributed by atoms with van der Waals surface area (Å²) in [5, 5.41) is 15.6. The summed E-state index contributed by atoms with van der Waals surface area (Å²) in [7, 11) is 3.10. The number of nitrogens with zero attached hydrogens (tertiary/aromatic N) is 2. The van der Waals surface area contributed by atoms with Crippen LogP contribution in [0.15, 0.2) is 47.0 Å². The van der Waals surface area contributed by atoms with Gasteiger partial charge in [0.05, 0.1) is 19.8 Å². The number of benzene rings is 2. The van der Waals surface area contributed by atoms with Crippen LogP contribution in [0, 0.1) is 5.82 Å². The van der Waals surface area contributed by atoms with Crippen molar-refractivity contribution in [3.8, 4) is 11.6 Å². The quantitative estimate of drug-likeness (QED) is 0.510. The van der Waals surface area contributed by atoms with Crippen LogP contribution in [0.3, 0.4) is 0 Å². The lowest BCUT2D eigenvalue weighted by Gasteiger charge is -2.36. The Kier molecular flexibility index (Phi) is 6.98. The molecule has 1 aliphatic heterocycles. The second-order valence-corrected chi connectivity index (χ2v) is 9.27. The zero-order valence-corrected chi connectivity index (χ0v) is 20.5. The Morgan fingerprint density at radius 2 is 2.00 bits per heavy atom. The van der Waals surface area contributed by atoms with Crippen molar-refractivity contribution in [3.63, 3.8) is 0 Å². The molecule has 3 aromatic rings. The Morgan fingerprint density at radius 1 is 1.22 bits per heavy atom. The third-order valence-electron chi connectivity index (χ3n) is 6.27. The Balaban J connectivity index is 1.67. The van der Waals surface area contributed by atoms with Crippen molar-refractivity contribution in [3.05, 3.63) is 70.7 Å². The van der Waals surface area contributed by atoms with E-state index in [9.17, 15) is 19.1 Å². The maximum atomic E-state index is 15.0. The third kappa shape index (κ3) is 4.90. The summed E-state index contributed by atoms with van der Waals surface area (Å²) < 4.78 is 30.4. The van der Waals surface area contributed by atoms with Crippen LogP contribution in [0.25, 0.3) is 0 Å². The van der Waals surface area contributed by atoms with Crippen molar-refractivity contribution in [2.75, 3.05) is 32.7 Å². The van der Waals surface area contributed by atoms with Gasteiger partial charge in [0, 0.05) is 24.8 Å². The van der Waals surface area contributed by atoms with Crippen LogP contribution in [-0.4, -0.2) is 54.3 Å². The standard InChI is InChI=1S/C26H28FN3O6/c1-26(2,14-34-3)19-8-5-16(12-20(19)27)28-24(32)23-18-7-6-17(35-4)11-15(18)9-10-30(23)25(33)21-13-22(31)29-36-21/h5-8,11-13,23H,9-10,14H2,1-4H3,(H,28,32)(H,29,31)/t23-/m1/s1. The van der Waals surface area contributed by atoms with Crippen molar-refractivity contribution in [2.45, 2.75) is 31.7 Å². The van der Waals surface area contributed by atoms with Gasteiger partial charge in [0.1, 0.15) is 17.6 Å². The molecule has 9 nitrogen and oxygen atoms in total. The molecule has 2 heterocycles. The zero-order chi connectivity index (χ0) is 26.0. The number of aromatic nitrogens is 1. The normalized spacial score (nSPS) is 15.4. The summed E-state index contributed by atoms with van der Waals surface area (Å²) in [5.74, 6) is -1.61. The molecule has 2 N–H and O–H groups in total. The van der Waals surface area contributed by atoms with Gasteiger partial charge in [-0.1, -0.05) is 26.0 Å². The van der Waals surface area contributed by atoms with Gasteiger partial charge >= 0.3 is 0 Å². The molecule has 0 aliphatic carbocycles. The average Bonchev–Trinajstić information content (AvgIpc) is 3.28. The molecule has 0 unspecified atom stereocenters. The van der Waals surface area contributed by atoms with E-state index in [4.69, 9.17) is 14.0 Å². The molecule has 0 bridgehead atoms. The highest BCUT2D eigenvalue weighted by Gasteiger charge is 2.38. The van der Waals surface area contributed by atoms with Crippen LogP contribution in [0.4, 0.5) is 10.1 Å². The number of aromatic hydroxyl groups is 1. The maximum Gasteiger partial charge on any atom is 0.293 e. The van der Waals surface area contributed by atoms with Gasteiger partial charge in [-0.2, -0.15) is 0 Å². The van der Waals surface area contributed by atoms with Gasteiger partial charge in [0.15, 0.2) is 0 Å². The summed E-state index contributed by atoms with van der Waals surface area (Å²) >= 11 is 0. The van der Waals surface area contributed by atoms with E-state index in [1.165, 1.54) is 11.0 Å². The van der Waals surface area contributed by atoms with E-state index in [2.05, 4.69) is 10.5 Å². The van der Waals surface area contributed by atoms with Crippen molar-refractivity contribution < 1.29 is 33.1 Å². The largest absolute Gasteiger partial charge is 0.497 e. The second-order valence-electron chi connectivity index (χ2n) is 9.27. The molecule has 10 heteroatoms. The Hall–Kier alpha value is -3.92. The average molecular weight is 498 g/mol.